The fourth-order valence-electron chi connectivity index (χ4n) is 1.76. The number of hydrogen-bond acceptors (Lipinski definition) is 3. The Balaban J connectivity index is 2.21. The van der Waals surface area contributed by atoms with Gasteiger partial charge in [-0.15, -0.1) is 0 Å². The zero-order chi connectivity index (χ0) is 11.1. The lowest BCUT2D eigenvalue weighted by atomic mass is 10.1. The van der Waals surface area contributed by atoms with Gasteiger partial charge in [0.05, 0.1) is 6.04 Å². The summed E-state index contributed by atoms with van der Waals surface area (Å²) in [5, 5.41) is 9.46. The number of piperazine rings is 1. The van der Waals surface area contributed by atoms with Crippen molar-refractivity contribution >= 4 is 5.91 Å². The third-order valence-electron chi connectivity index (χ3n) is 2.74. The SMILES string of the molecule is CCCCC(C)NC(=O)C1CNCCN1. The molecule has 0 aromatic heterocycles. The molecule has 1 heterocycles. The van der Waals surface area contributed by atoms with Gasteiger partial charge in [-0.1, -0.05) is 19.8 Å². The Kier molecular flexibility index (Phi) is 5.65. The van der Waals surface area contributed by atoms with Crippen molar-refractivity contribution in [3.05, 3.63) is 0 Å². The van der Waals surface area contributed by atoms with Gasteiger partial charge in [0.1, 0.15) is 0 Å². The minimum Gasteiger partial charge on any atom is -0.352 e. The van der Waals surface area contributed by atoms with E-state index in [1.54, 1.807) is 0 Å². The van der Waals surface area contributed by atoms with Crippen LogP contribution in [0.4, 0.5) is 0 Å². The second-order valence-corrected chi connectivity index (χ2v) is 4.26. The summed E-state index contributed by atoms with van der Waals surface area (Å²) in [6.45, 7) is 6.81. The van der Waals surface area contributed by atoms with Crippen LogP contribution in [0.15, 0.2) is 0 Å². The van der Waals surface area contributed by atoms with E-state index < -0.39 is 0 Å². The Hall–Kier alpha value is -0.610. The molecule has 0 radical (unpaired) electrons. The first-order chi connectivity index (χ1) is 7.24. The average molecular weight is 213 g/mol. The van der Waals surface area contributed by atoms with Crippen molar-refractivity contribution in [3.63, 3.8) is 0 Å². The standard InChI is InChI=1S/C11H23N3O/c1-3-4-5-9(2)14-11(15)10-8-12-6-7-13-10/h9-10,12-13H,3-8H2,1-2H3,(H,14,15). The highest BCUT2D eigenvalue weighted by atomic mass is 16.2. The number of rotatable bonds is 5. The number of hydrogen-bond donors (Lipinski definition) is 3. The molecule has 1 aliphatic rings. The van der Waals surface area contributed by atoms with Crippen molar-refractivity contribution in [3.8, 4) is 0 Å². The molecule has 0 aliphatic carbocycles. The van der Waals surface area contributed by atoms with Gasteiger partial charge >= 0.3 is 0 Å². The van der Waals surface area contributed by atoms with Crippen LogP contribution in [0.5, 0.6) is 0 Å². The summed E-state index contributed by atoms with van der Waals surface area (Å²) < 4.78 is 0. The molecular weight excluding hydrogens is 190 g/mol. The predicted molar refractivity (Wildman–Crippen MR) is 61.8 cm³/mol. The molecule has 3 N–H and O–H groups in total. The van der Waals surface area contributed by atoms with Crippen LogP contribution in [0.2, 0.25) is 0 Å². The van der Waals surface area contributed by atoms with Crippen LogP contribution in [-0.4, -0.2) is 37.6 Å². The van der Waals surface area contributed by atoms with Gasteiger partial charge in [-0.2, -0.15) is 0 Å². The first-order valence-electron chi connectivity index (χ1n) is 5.98. The van der Waals surface area contributed by atoms with E-state index in [1.807, 2.05) is 0 Å². The van der Waals surface area contributed by atoms with Gasteiger partial charge in [0.2, 0.25) is 5.91 Å². The van der Waals surface area contributed by atoms with Crippen LogP contribution in [0.25, 0.3) is 0 Å². The van der Waals surface area contributed by atoms with Gasteiger partial charge in [-0.05, 0) is 13.3 Å². The highest BCUT2D eigenvalue weighted by molar-refractivity contribution is 5.82. The molecule has 0 aromatic rings. The normalized spacial score (nSPS) is 23.5. The smallest absolute Gasteiger partial charge is 0.238 e. The molecule has 0 bridgehead atoms. The lowest BCUT2D eigenvalue weighted by molar-refractivity contribution is -0.124. The van der Waals surface area contributed by atoms with E-state index in [4.69, 9.17) is 0 Å². The number of amides is 1. The highest BCUT2D eigenvalue weighted by Crippen LogP contribution is 2.00. The monoisotopic (exact) mass is 213 g/mol. The van der Waals surface area contributed by atoms with Crippen molar-refractivity contribution in [2.45, 2.75) is 45.2 Å². The number of carbonyl (C=O) groups excluding carboxylic acids is 1. The minimum absolute atomic E-state index is 0.0529. The molecule has 4 nitrogen and oxygen atoms in total. The van der Waals surface area contributed by atoms with Gasteiger partial charge in [0, 0.05) is 25.7 Å². The molecule has 2 unspecified atom stereocenters. The molecule has 0 aromatic carbocycles. The van der Waals surface area contributed by atoms with Gasteiger partial charge < -0.3 is 16.0 Å². The molecule has 1 rings (SSSR count). The molecular formula is C11H23N3O. The van der Waals surface area contributed by atoms with Crippen molar-refractivity contribution in [2.75, 3.05) is 19.6 Å². The average Bonchev–Trinajstić information content (AvgIpc) is 2.27. The van der Waals surface area contributed by atoms with Gasteiger partial charge in [-0.3, -0.25) is 4.79 Å². The summed E-state index contributed by atoms with van der Waals surface area (Å²) in [5.74, 6) is 0.130. The quantitative estimate of drug-likeness (QED) is 0.613. The molecule has 1 fully saturated rings. The maximum Gasteiger partial charge on any atom is 0.238 e. The summed E-state index contributed by atoms with van der Waals surface area (Å²) in [6, 6.07) is 0.240. The zero-order valence-electron chi connectivity index (χ0n) is 9.81. The first kappa shape index (κ1) is 12.5. The second kappa shape index (κ2) is 6.80. The molecule has 1 amide bonds. The lowest BCUT2D eigenvalue weighted by Crippen LogP contribution is -2.56. The Labute approximate surface area is 92.2 Å². The fraction of sp³-hybridized carbons (Fsp3) is 0.909. The molecule has 88 valence electrons. The van der Waals surface area contributed by atoms with E-state index in [2.05, 4.69) is 29.8 Å². The lowest BCUT2D eigenvalue weighted by Gasteiger charge is -2.25. The van der Waals surface area contributed by atoms with Gasteiger partial charge in [0.25, 0.3) is 0 Å². The van der Waals surface area contributed by atoms with Crippen LogP contribution >= 0.6 is 0 Å². The zero-order valence-corrected chi connectivity index (χ0v) is 9.81. The van der Waals surface area contributed by atoms with Crippen molar-refractivity contribution in [1.82, 2.24) is 16.0 Å². The van der Waals surface area contributed by atoms with E-state index in [0.29, 0.717) is 6.04 Å². The van der Waals surface area contributed by atoms with Crippen LogP contribution < -0.4 is 16.0 Å². The third-order valence-corrected chi connectivity index (χ3v) is 2.74. The maximum atomic E-state index is 11.8. The highest BCUT2D eigenvalue weighted by Gasteiger charge is 2.20. The second-order valence-electron chi connectivity index (χ2n) is 4.26. The van der Waals surface area contributed by atoms with Gasteiger partial charge in [-0.25, -0.2) is 0 Å². The summed E-state index contributed by atoms with van der Waals surface area (Å²) in [5.41, 5.74) is 0. The molecule has 1 aliphatic heterocycles. The van der Waals surface area contributed by atoms with Crippen LogP contribution in [0.1, 0.15) is 33.1 Å². The Morgan fingerprint density at radius 1 is 1.53 bits per heavy atom. The summed E-state index contributed by atoms with van der Waals surface area (Å²) in [6.07, 6.45) is 3.43. The van der Waals surface area contributed by atoms with E-state index in [1.165, 1.54) is 12.8 Å². The van der Waals surface area contributed by atoms with Crippen LogP contribution in [-0.2, 0) is 4.79 Å². The predicted octanol–water partition coefficient (Wildman–Crippen LogP) is 0.243. The summed E-state index contributed by atoms with van der Waals surface area (Å²) >= 11 is 0. The molecule has 2 atom stereocenters. The summed E-state index contributed by atoms with van der Waals surface area (Å²) in [7, 11) is 0. The Bertz CT molecular complexity index is 190. The third kappa shape index (κ3) is 4.62. The van der Waals surface area contributed by atoms with Crippen molar-refractivity contribution in [2.24, 2.45) is 0 Å². The molecule has 1 saturated heterocycles. The molecule has 15 heavy (non-hydrogen) atoms. The minimum atomic E-state index is -0.0529. The largest absolute Gasteiger partial charge is 0.352 e. The number of nitrogens with one attached hydrogen (secondary N) is 3. The van der Waals surface area contributed by atoms with Crippen LogP contribution in [0.3, 0.4) is 0 Å². The van der Waals surface area contributed by atoms with Gasteiger partial charge in [0.15, 0.2) is 0 Å². The van der Waals surface area contributed by atoms with E-state index >= 15 is 0 Å². The van der Waals surface area contributed by atoms with Crippen molar-refractivity contribution < 1.29 is 4.79 Å². The maximum absolute atomic E-state index is 11.8. The van der Waals surface area contributed by atoms with E-state index in [-0.39, 0.29) is 11.9 Å². The van der Waals surface area contributed by atoms with E-state index in [9.17, 15) is 4.79 Å². The topological polar surface area (TPSA) is 53.2 Å². The summed E-state index contributed by atoms with van der Waals surface area (Å²) in [4.78, 5) is 11.8. The number of unbranched alkanes of at least 4 members (excludes halogenated alkanes) is 1. The Morgan fingerprint density at radius 2 is 2.33 bits per heavy atom. The van der Waals surface area contributed by atoms with Crippen LogP contribution in [0, 0.1) is 0 Å². The molecule has 0 saturated carbocycles. The molecule has 4 heteroatoms. The van der Waals surface area contributed by atoms with Crippen molar-refractivity contribution in [1.29, 1.82) is 0 Å². The van der Waals surface area contributed by atoms with E-state index in [0.717, 1.165) is 26.1 Å². The fourth-order valence-corrected chi connectivity index (χ4v) is 1.76. The Morgan fingerprint density at radius 3 is 2.93 bits per heavy atom. The number of carbonyl (C=O) groups is 1. The molecule has 0 spiro atoms. The first-order valence-corrected chi connectivity index (χ1v) is 5.98.